The van der Waals surface area contributed by atoms with Crippen LogP contribution in [-0.4, -0.2) is 21.7 Å². The molecule has 3 aromatic rings. The Morgan fingerprint density at radius 2 is 1.93 bits per heavy atom. The van der Waals surface area contributed by atoms with Crippen LogP contribution in [0.15, 0.2) is 70.3 Å². The lowest BCUT2D eigenvalue weighted by molar-refractivity contribution is -0.384. The van der Waals surface area contributed by atoms with Crippen molar-refractivity contribution < 1.29 is 14.5 Å². The first-order chi connectivity index (χ1) is 13.9. The van der Waals surface area contributed by atoms with Crippen molar-refractivity contribution >= 4 is 56.0 Å². The first-order valence-corrected chi connectivity index (χ1v) is 9.83. The fourth-order valence-corrected chi connectivity index (χ4v) is 3.09. The van der Waals surface area contributed by atoms with E-state index in [4.69, 9.17) is 0 Å². The predicted molar refractivity (Wildman–Crippen MR) is 113 cm³/mol. The summed E-state index contributed by atoms with van der Waals surface area (Å²) in [5.74, 6) is -1.10. The summed E-state index contributed by atoms with van der Waals surface area (Å²) in [4.78, 5) is 39.7. The van der Waals surface area contributed by atoms with Crippen LogP contribution >= 0.6 is 27.3 Å². The van der Waals surface area contributed by atoms with Crippen LogP contribution in [0.3, 0.4) is 0 Å². The van der Waals surface area contributed by atoms with Crippen molar-refractivity contribution in [2.45, 2.75) is 0 Å². The van der Waals surface area contributed by atoms with Crippen LogP contribution < -0.4 is 10.6 Å². The zero-order chi connectivity index (χ0) is 20.8. The maximum absolute atomic E-state index is 12.7. The van der Waals surface area contributed by atoms with Crippen LogP contribution in [0.25, 0.3) is 6.08 Å². The Kier molecular flexibility index (Phi) is 6.47. The topological polar surface area (TPSA) is 114 Å². The van der Waals surface area contributed by atoms with Crippen LogP contribution in [0, 0.1) is 10.1 Å². The van der Waals surface area contributed by atoms with Gasteiger partial charge in [-0.15, -0.1) is 11.3 Å². The van der Waals surface area contributed by atoms with E-state index >= 15 is 0 Å². The standard InChI is InChI=1S/C19H13BrN4O4S/c20-14-6-4-13(5-7-14)17(25)22-16(18(26)23-19-21-8-9-29-19)11-12-2-1-3-15(10-12)24(27)28/h1-11H,(H,22,25)(H,21,23,26)/b16-11-. The second-order valence-corrected chi connectivity index (χ2v) is 7.47. The Labute approximate surface area is 177 Å². The van der Waals surface area contributed by atoms with Crippen molar-refractivity contribution in [3.05, 3.63) is 91.5 Å². The maximum Gasteiger partial charge on any atom is 0.273 e. The van der Waals surface area contributed by atoms with Crippen LogP contribution in [0.2, 0.25) is 0 Å². The first kappa shape index (κ1) is 20.4. The van der Waals surface area contributed by atoms with Gasteiger partial charge in [-0.25, -0.2) is 4.98 Å². The highest BCUT2D eigenvalue weighted by molar-refractivity contribution is 9.10. The minimum atomic E-state index is -0.600. The molecule has 3 rings (SSSR count). The summed E-state index contributed by atoms with van der Waals surface area (Å²) >= 11 is 4.52. The number of carbonyl (C=O) groups is 2. The lowest BCUT2D eigenvalue weighted by Gasteiger charge is -2.10. The number of halogens is 1. The van der Waals surface area contributed by atoms with Gasteiger partial charge in [0.1, 0.15) is 5.70 Å². The average Bonchev–Trinajstić information content (AvgIpc) is 3.21. The molecule has 2 amide bonds. The van der Waals surface area contributed by atoms with E-state index in [9.17, 15) is 19.7 Å². The number of nitro groups is 1. The highest BCUT2D eigenvalue weighted by atomic mass is 79.9. The molecular weight excluding hydrogens is 460 g/mol. The minimum Gasteiger partial charge on any atom is -0.317 e. The summed E-state index contributed by atoms with van der Waals surface area (Å²) in [5, 5.41) is 18.2. The van der Waals surface area contributed by atoms with E-state index in [-0.39, 0.29) is 11.4 Å². The normalized spacial score (nSPS) is 11.0. The number of nitrogens with one attached hydrogen (secondary N) is 2. The third-order valence-electron chi connectivity index (χ3n) is 3.64. The highest BCUT2D eigenvalue weighted by Crippen LogP contribution is 2.17. The van der Waals surface area contributed by atoms with E-state index in [1.807, 2.05) is 0 Å². The van der Waals surface area contributed by atoms with E-state index in [0.29, 0.717) is 16.3 Å². The van der Waals surface area contributed by atoms with E-state index < -0.39 is 16.7 Å². The summed E-state index contributed by atoms with van der Waals surface area (Å²) in [6.07, 6.45) is 2.90. The van der Waals surface area contributed by atoms with Crippen molar-refractivity contribution in [3.8, 4) is 0 Å². The predicted octanol–water partition coefficient (Wildman–Crippen LogP) is 4.22. The molecule has 2 aromatic carbocycles. The number of aromatic nitrogens is 1. The van der Waals surface area contributed by atoms with Crippen molar-refractivity contribution in [2.24, 2.45) is 0 Å². The zero-order valence-electron chi connectivity index (χ0n) is 14.7. The lowest BCUT2D eigenvalue weighted by atomic mass is 10.1. The Morgan fingerprint density at radius 3 is 2.59 bits per heavy atom. The van der Waals surface area contributed by atoms with Crippen molar-refractivity contribution in [1.29, 1.82) is 0 Å². The second kappa shape index (κ2) is 9.22. The Balaban J connectivity index is 1.91. The molecule has 1 aromatic heterocycles. The number of carbonyl (C=O) groups excluding carboxylic acids is 2. The number of nitro benzene ring substituents is 1. The molecule has 0 saturated carbocycles. The van der Waals surface area contributed by atoms with Gasteiger partial charge in [0.25, 0.3) is 17.5 Å². The number of hydrogen-bond donors (Lipinski definition) is 2. The fraction of sp³-hybridized carbons (Fsp3) is 0. The Bertz CT molecular complexity index is 1080. The molecule has 0 spiro atoms. The van der Waals surface area contributed by atoms with Gasteiger partial charge in [-0.05, 0) is 35.9 Å². The quantitative estimate of drug-likeness (QED) is 0.316. The summed E-state index contributed by atoms with van der Waals surface area (Å²) in [7, 11) is 0. The summed E-state index contributed by atoms with van der Waals surface area (Å²) in [5.41, 5.74) is 0.533. The van der Waals surface area contributed by atoms with Gasteiger partial charge in [0.2, 0.25) is 0 Å². The number of hydrogen-bond acceptors (Lipinski definition) is 6. The molecule has 10 heteroatoms. The van der Waals surface area contributed by atoms with Gasteiger partial charge in [0.15, 0.2) is 5.13 Å². The molecule has 146 valence electrons. The molecule has 0 atom stereocenters. The Hall–Kier alpha value is -3.37. The third kappa shape index (κ3) is 5.56. The third-order valence-corrected chi connectivity index (χ3v) is 4.86. The summed E-state index contributed by atoms with van der Waals surface area (Å²) in [6, 6.07) is 12.3. The fourth-order valence-electron chi connectivity index (χ4n) is 2.30. The molecular formula is C19H13BrN4O4S. The number of nitrogens with zero attached hydrogens (tertiary/aromatic N) is 2. The largest absolute Gasteiger partial charge is 0.317 e. The highest BCUT2D eigenvalue weighted by Gasteiger charge is 2.16. The number of anilines is 1. The van der Waals surface area contributed by atoms with Crippen molar-refractivity contribution in [3.63, 3.8) is 0 Å². The number of amides is 2. The average molecular weight is 473 g/mol. The number of thiazole rings is 1. The number of non-ortho nitro benzene ring substituents is 1. The molecule has 2 N–H and O–H groups in total. The smallest absolute Gasteiger partial charge is 0.273 e. The zero-order valence-corrected chi connectivity index (χ0v) is 17.1. The van der Waals surface area contributed by atoms with Crippen molar-refractivity contribution in [2.75, 3.05) is 5.32 Å². The van der Waals surface area contributed by atoms with Crippen LogP contribution in [0.4, 0.5) is 10.8 Å². The second-order valence-electron chi connectivity index (χ2n) is 5.66. The van der Waals surface area contributed by atoms with Crippen LogP contribution in [-0.2, 0) is 4.79 Å². The molecule has 0 aliphatic heterocycles. The van der Waals surface area contributed by atoms with Crippen LogP contribution in [0.1, 0.15) is 15.9 Å². The molecule has 29 heavy (non-hydrogen) atoms. The molecule has 0 radical (unpaired) electrons. The maximum atomic E-state index is 12.7. The monoisotopic (exact) mass is 472 g/mol. The molecule has 0 fully saturated rings. The van der Waals surface area contributed by atoms with Crippen LogP contribution in [0.5, 0.6) is 0 Å². The lowest BCUT2D eigenvalue weighted by Crippen LogP contribution is -2.30. The minimum absolute atomic E-state index is 0.0754. The van der Waals surface area contributed by atoms with Gasteiger partial charge in [-0.2, -0.15) is 0 Å². The first-order valence-electron chi connectivity index (χ1n) is 8.16. The summed E-state index contributed by atoms with van der Waals surface area (Å²) < 4.78 is 0.808. The molecule has 0 saturated heterocycles. The number of benzene rings is 2. The van der Waals surface area contributed by atoms with E-state index in [1.165, 1.54) is 41.8 Å². The van der Waals surface area contributed by atoms with Gasteiger partial charge >= 0.3 is 0 Å². The van der Waals surface area contributed by atoms with E-state index in [2.05, 4.69) is 31.5 Å². The summed E-state index contributed by atoms with van der Waals surface area (Å²) in [6.45, 7) is 0. The van der Waals surface area contributed by atoms with E-state index in [0.717, 1.165) is 4.47 Å². The molecule has 0 bridgehead atoms. The SMILES string of the molecule is O=C(Nc1nccs1)/C(=C/c1cccc([N+](=O)[O-])c1)NC(=O)c1ccc(Br)cc1. The number of rotatable bonds is 6. The molecule has 0 aliphatic rings. The van der Waals surface area contributed by atoms with E-state index in [1.54, 1.807) is 35.7 Å². The molecule has 0 aliphatic carbocycles. The molecule has 0 unspecified atom stereocenters. The Morgan fingerprint density at radius 1 is 1.17 bits per heavy atom. The van der Waals surface area contributed by atoms with Crippen molar-refractivity contribution in [1.82, 2.24) is 10.3 Å². The van der Waals surface area contributed by atoms with Gasteiger partial charge in [-0.3, -0.25) is 25.0 Å². The molecule has 8 nitrogen and oxygen atoms in total. The van der Waals surface area contributed by atoms with Gasteiger partial charge in [0.05, 0.1) is 4.92 Å². The van der Waals surface area contributed by atoms with Gasteiger partial charge in [0, 0.05) is 33.7 Å². The van der Waals surface area contributed by atoms with Gasteiger partial charge < -0.3 is 5.32 Å². The van der Waals surface area contributed by atoms with Gasteiger partial charge in [-0.1, -0.05) is 28.1 Å². The molecule has 1 heterocycles.